The van der Waals surface area contributed by atoms with Crippen molar-refractivity contribution in [3.05, 3.63) is 47.6 Å². The molecule has 1 saturated heterocycles. The normalized spacial score (nSPS) is 37.7. The topological polar surface area (TPSA) is 61.2 Å². The van der Waals surface area contributed by atoms with Crippen LogP contribution in [0.2, 0.25) is 0 Å². The van der Waals surface area contributed by atoms with Crippen LogP contribution in [0, 0.1) is 46.3 Å². The van der Waals surface area contributed by atoms with Gasteiger partial charge in [0.25, 0.3) is 5.91 Å². The van der Waals surface area contributed by atoms with Crippen LogP contribution in [0.1, 0.15) is 26.7 Å². The summed E-state index contributed by atoms with van der Waals surface area (Å²) in [5.41, 5.74) is 0.985. The molecule has 0 spiro atoms. The Morgan fingerprint density at radius 3 is 2.63 bits per heavy atom. The maximum Gasteiger partial charge on any atom is 0.253 e. The molecule has 4 heteroatoms. The molecule has 3 aliphatic carbocycles. The Labute approximate surface area is 160 Å². The number of hydrogen-bond donors (Lipinski definition) is 0. The highest BCUT2D eigenvalue weighted by atomic mass is 16.2. The van der Waals surface area contributed by atoms with Crippen molar-refractivity contribution in [3.8, 4) is 6.07 Å². The van der Waals surface area contributed by atoms with Crippen LogP contribution in [0.15, 0.2) is 47.6 Å². The van der Waals surface area contributed by atoms with Crippen molar-refractivity contribution < 1.29 is 9.59 Å². The van der Waals surface area contributed by atoms with Gasteiger partial charge in [-0.05, 0) is 48.5 Å². The van der Waals surface area contributed by atoms with E-state index in [4.69, 9.17) is 5.26 Å². The van der Waals surface area contributed by atoms with Crippen LogP contribution in [0.4, 0.5) is 0 Å². The van der Waals surface area contributed by atoms with Gasteiger partial charge >= 0.3 is 0 Å². The lowest BCUT2D eigenvalue weighted by atomic mass is 9.74. The summed E-state index contributed by atoms with van der Waals surface area (Å²) >= 11 is 0. The van der Waals surface area contributed by atoms with Crippen molar-refractivity contribution in [2.75, 3.05) is 13.1 Å². The molecule has 0 aromatic carbocycles. The van der Waals surface area contributed by atoms with E-state index in [1.165, 1.54) is 0 Å². The zero-order valence-electron chi connectivity index (χ0n) is 16.0. The second-order valence-corrected chi connectivity index (χ2v) is 8.55. The summed E-state index contributed by atoms with van der Waals surface area (Å²) < 4.78 is 0. The van der Waals surface area contributed by atoms with Gasteiger partial charge < -0.3 is 9.69 Å². The number of carbonyl (C=O) groups excluding carboxylic acids is 2. The maximum absolute atomic E-state index is 12.9. The maximum atomic E-state index is 12.9. The zero-order chi connectivity index (χ0) is 19.2. The Kier molecular flexibility index (Phi) is 4.42. The Bertz CT molecular complexity index is 820. The van der Waals surface area contributed by atoms with E-state index in [1.807, 2.05) is 29.2 Å². The van der Waals surface area contributed by atoms with Gasteiger partial charge in [0.15, 0.2) is 0 Å². The Morgan fingerprint density at radius 1 is 1.26 bits per heavy atom. The Hall–Kier alpha value is -2.41. The van der Waals surface area contributed by atoms with E-state index in [2.05, 4.69) is 32.1 Å². The molecule has 1 saturated carbocycles. The number of carbonyl (C=O) groups is 2. The van der Waals surface area contributed by atoms with E-state index >= 15 is 0 Å². The third-order valence-electron chi connectivity index (χ3n) is 7.18. The lowest BCUT2D eigenvalue weighted by Gasteiger charge is -2.38. The van der Waals surface area contributed by atoms with Crippen LogP contribution in [0.3, 0.4) is 0 Å². The monoisotopic (exact) mass is 362 g/mol. The number of rotatable bonds is 3. The third-order valence-corrected chi connectivity index (χ3v) is 7.18. The second kappa shape index (κ2) is 6.64. The minimum Gasteiger partial charge on any atom is -0.339 e. The molecule has 4 nitrogen and oxygen atoms in total. The molecule has 0 aromatic heterocycles. The molecule has 140 valence electrons. The molecule has 4 rings (SSSR count). The highest BCUT2D eigenvalue weighted by molar-refractivity contribution is 5.98. The molecule has 4 aliphatic rings. The molecule has 0 bridgehead atoms. The van der Waals surface area contributed by atoms with Gasteiger partial charge in [0.05, 0.1) is 11.5 Å². The summed E-state index contributed by atoms with van der Waals surface area (Å²) in [6, 6.07) is 2.22. The molecule has 2 fully saturated rings. The van der Waals surface area contributed by atoms with Gasteiger partial charge in [-0.3, -0.25) is 4.79 Å². The number of piperidine rings is 1. The fraction of sp³-hybridized carbons (Fsp3) is 0.522. The van der Waals surface area contributed by atoms with E-state index < -0.39 is 5.41 Å². The van der Waals surface area contributed by atoms with E-state index in [-0.39, 0.29) is 11.8 Å². The number of nitrogens with zero attached hydrogens (tertiary/aromatic N) is 2. The number of amides is 1. The van der Waals surface area contributed by atoms with Crippen molar-refractivity contribution in [2.45, 2.75) is 26.7 Å². The minimum atomic E-state index is -0.439. The number of likely N-dealkylation sites (tertiary alicyclic amines) is 1. The number of aldehydes is 1. The van der Waals surface area contributed by atoms with Crippen molar-refractivity contribution in [1.82, 2.24) is 4.90 Å². The number of hydrogen-bond acceptors (Lipinski definition) is 3. The highest BCUT2D eigenvalue weighted by Gasteiger charge is 2.60. The van der Waals surface area contributed by atoms with Crippen molar-refractivity contribution >= 4 is 12.2 Å². The van der Waals surface area contributed by atoms with Crippen molar-refractivity contribution in [2.24, 2.45) is 35.0 Å². The predicted molar refractivity (Wildman–Crippen MR) is 103 cm³/mol. The largest absolute Gasteiger partial charge is 0.339 e. The molecule has 0 N–H and O–H groups in total. The Morgan fingerprint density at radius 2 is 2.00 bits per heavy atom. The lowest BCUT2D eigenvalue weighted by molar-refractivity contribution is -0.128. The first-order valence-electron chi connectivity index (χ1n) is 9.97. The molecular weight excluding hydrogens is 336 g/mol. The van der Waals surface area contributed by atoms with Crippen LogP contribution < -0.4 is 0 Å². The van der Waals surface area contributed by atoms with Crippen LogP contribution in [-0.2, 0) is 9.59 Å². The van der Waals surface area contributed by atoms with Crippen molar-refractivity contribution in [1.29, 1.82) is 5.26 Å². The average molecular weight is 362 g/mol. The molecule has 1 aliphatic heterocycles. The van der Waals surface area contributed by atoms with E-state index in [9.17, 15) is 9.59 Å². The fourth-order valence-electron chi connectivity index (χ4n) is 5.26. The first-order chi connectivity index (χ1) is 13.0. The van der Waals surface area contributed by atoms with E-state index in [0.29, 0.717) is 29.2 Å². The van der Waals surface area contributed by atoms with Gasteiger partial charge in [0.2, 0.25) is 0 Å². The van der Waals surface area contributed by atoms with Gasteiger partial charge in [0.1, 0.15) is 6.29 Å². The second-order valence-electron chi connectivity index (χ2n) is 8.55. The fourth-order valence-corrected chi connectivity index (χ4v) is 5.26. The zero-order valence-corrected chi connectivity index (χ0v) is 16.0. The number of fused-ring (bicyclic) bond motifs is 1. The van der Waals surface area contributed by atoms with Gasteiger partial charge in [-0.25, -0.2) is 0 Å². The average Bonchev–Trinajstić information content (AvgIpc) is 3.31. The van der Waals surface area contributed by atoms with E-state index in [1.54, 1.807) is 0 Å². The quantitative estimate of drug-likeness (QED) is 0.723. The van der Waals surface area contributed by atoms with Crippen LogP contribution >= 0.6 is 0 Å². The molecule has 0 radical (unpaired) electrons. The summed E-state index contributed by atoms with van der Waals surface area (Å²) in [6.07, 6.45) is 15.0. The minimum absolute atomic E-state index is 0.0578. The first-order valence-corrected chi connectivity index (χ1v) is 9.97. The standard InChI is InChI=1S/C23H26N2O2/c1-15-11-17(13-24)3-5-20(15)18-7-9-25(10-8-18)22(27)19-4-6-21-16(2)23(21,12-19)14-26/h3-6,11-12,14-16,18,20-21H,7-10H2,1-2H3/t15?,16?,20-,21?,23?/m1/s1. The highest BCUT2D eigenvalue weighted by Crippen LogP contribution is 2.61. The summed E-state index contributed by atoms with van der Waals surface area (Å²) in [7, 11) is 0. The molecule has 4 unspecified atom stereocenters. The van der Waals surface area contributed by atoms with Crippen LogP contribution in [0.25, 0.3) is 0 Å². The van der Waals surface area contributed by atoms with Crippen molar-refractivity contribution in [3.63, 3.8) is 0 Å². The van der Waals surface area contributed by atoms with Crippen LogP contribution in [-0.4, -0.2) is 30.2 Å². The molecule has 27 heavy (non-hydrogen) atoms. The molecule has 0 aromatic rings. The molecule has 1 heterocycles. The third kappa shape index (κ3) is 2.90. The summed E-state index contributed by atoms with van der Waals surface area (Å²) in [5.74, 6) is 1.97. The van der Waals surface area contributed by atoms with Crippen LogP contribution in [0.5, 0.6) is 0 Å². The number of allylic oxidation sites excluding steroid dienone is 6. The van der Waals surface area contributed by atoms with Gasteiger partial charge in [-0.2, -0.15) is 5.26 Å². The molecular formula is C23H26N2O2. The van der Waals surface area contributed by atoms with Gasteiger partial charge in [-0.1, -0.05) is 44.2 Å². The summed E-state index contributed by atoms with van der Waals surface area (Å²) in [6.45, 7) is 5.76. The van der Waals surface area contributed by atoms with Gasteiger partial charge in [0, 0.05) is 24.2 Å². The molecule has 5 atom stereocenters. The SMILES string of the molecule is CC1C=C(C#N)C=C[C@H]1C1CCN(C(=O)C2=CC3(C=O)C(C)C3C=C2)CC1. The molecule has 1 amide bonds. The lowest BCUT2D eigenvalue weighted by Crippen LogP contribution is -2.41. The predicted octanol–water partition coefficient (Wildman–Crippen LogP) is 3.44. The first kappa shape index (κ1) is 18.0. The Balaban J connectivity index is 1.38. The summed E-state index contributed by atoms with van der Waals surface area (Å²) in [5, 5.41) is 9.05. The number of nitriles is 1. The van der Waals surface area contributed by atoms with Gasteiger partial charge in [-0.15, -0.1) is 0 Å². The summed E-state index contributed by atoms with van der Waals surface area (Å²) in [4.78, 5) is 26.4. The smallest absolute Gasteiger partial charge is 0.253 e. The van der Waals surface area contributed by atoms with E-state index in [0.717, 1.165) is 37.8 Å².